The minimum atomic E-state index is -0.662. The smallest absolute Gasteiger partial charge is 0.254 e. The predicted molar refractivity (Wildman–Crippen MR) is 109 cm³/mol. The standard InChI is InChI=1S/C22H18ClN3O2/c1-13-2-5-16(12-24-13)15-6-3-14(4-7-15)10-20-22(28)25-19-9-8-17(23)11-18(19)21(27)26-20/h2-9,11-12,20H,10H2,1H3,(H,25,28)(H,26,27). The van der Waals surface area contributed by atoms with Gasteiger partial charge in [0.2, 0.25) is 5.91 Å². The van der Waals surface area contributed by atoms with Crippen LogP contribution in [-0.2, 0) is 11.2 Å². The number of amides is 2. The molecule has 2 heterocycles. The molecule has 1 aromatic heterocycles. The van der Waals surface area contributed by atoms with Crippen LogP contribution in [0.1, 0.15) is 21.6 Å². The maximum atomic E-state index is 12.6. The van der Waals surface area contributed by atoms with Gasteiger partial charge in [-0.3, -0.25) is 14.6 Å². The Labute approximate surface area is 167 Å². The first-order valence-electron chi connectivity index (χ1n) is 8.93. The van der Waals surface area contributed by atoms with Gasteiger partial charge in [0.15, 0.2) is 0 Å². The molecule has 0 radical (unpaired) electrons. The molecule has 0 saturated heterocycles. The summed E-state index contributed by atoms with van der Waals surface area (Å²) in [6.45, 7) is 1.95. The second kappa shape index (κ2) is 7.44. The summed E-state index contributed by atoms with van der Waals surface area (Å²) >= 11 is 5.97. The van der Waals surface area contributed by atoms with Crippen molar-refractivity contribution in [3.63, 3.8) is 0 Å². The summed E-state index contributed by atoms with van der Waals surface area (Å²) in [5.74, 6) is -0.565. The van der Waals surface area contributed by atoms with E-state index in [4.69, 9.17) is 11.6 Å². The van der Waals surface area contributed by atoms with Crippen LogP contribution in [0, 0.1) is 6.92 Å². The van der Waals surface area contributed by atoms with Gasteiger partial charge in [0.05, 0.1) is 11.3 Å². The van der Waals surface area contributed by atoms with Crippen LogP contribution in [0.25, 0.3) is 11.1 Å². The van der Waals surface area contributed by atoms with Crippen molar-refractivity contribution in [2.75, 3.05) is 5.32 Å². The lowest BCUT2D eigenvalue weighted by atomic mass is 10.0. The van der Waals surface area contributed by atoms with Crippen LogP contribution >= 0.6 is 11.6 Å². The number of nitrogens with one attached hydrogen (secondary N) is 2. The van der Waals surface area contributed by atoms with Gasteiger partial charge in [-0.15, -0.1) is 0 Å². The Morgan fingerprint density at radius 3 is 2.46 bits per heavy atom. The number of aryl methyl sites for hydroxylation is 1. The summed E-state index contributed by atoms with van der Waals surface area (Å²) in [6, 6.07) is 16.1. The van der Waals surface area contributed by atoms with Crippen molar-refractivity contribution in [2.24, 2.45) is 0 Å². The molecule has 0 spiro atoms. The number of aromatic nitrogens is 1. The molecule has 1 unspecified atom stereocenters. The van der Waals surface area contributed by atoms with Gasteiger partial charge in [-0.05, 0) is 42.3 Å². The monoisotopic (exact) mass is 391 g/mol. The molecule has 0 bridgehead atoms. The Kier molecular flexibility index (Phi) is 4.84. The molecule has 2 N–H and O–H groups in total. The third-order valence-corrected chi connectivity index (χ3v) is 4.98. The number of rotatable bonds is 3. The van der Waals surface area contributed by atoms with Crippen molar-refractivity contribution in [1.29, 1.82) is 0 Å². The average molecular weight is 392 g/mol. The molecule has 5 nitrogen and oxygen atoms in total. The summed E-state index contributed by atoms with van der Waals surface area (Å²) in [5.41, 5.74) is 4.84. The highest BCUT2D eigenvalue weighted by Gasteiger charge is 2.28. The van der Waals surface area contributed by atoms with Gasteiger partial charge in [0.1, 0.15) is 6.04 Å². The zero-order valence-corrected chi connectivity index (χ0v) is 16.0. The Hall–Kier alpha value is -3.18. The molecule has 1 aliphatic rings. The molecule has 4 rings (SSSR count). The number of benzene rings is 2. The minimum Gasteiger partial charge on any atom is -0.340 e. The van der Waals surface area contributed by atoms with Crippen LogP contribution in [0.3, 0.4) is 0 Å². The van der Waals surface area contributed by atoms with E-state index < -0.39 is 6.04 Å². The zero-order chi connectivity index (χ0) is 19.7. The maximum Gasteiger partial charge on any atom is 0.254 e. The Morgan fingerprint density at radius 2 is 1.75 bits per heavy atom. The number of hydrogen-bond acceptors (Lipinski definition) is 3. The largest absolute Gasteiger partial charge is 0.340 e. The lowest BCUT2D eigenvalue weighted by Gasteiger charge is -2.15. The Balaban J connectivity index is 1.52. The number of halogens is 1. The van der Waals surface area contributed by atoms with Crippen molar-refractivity contribution in [3.05, 3.63) is 82.6 Å². The number of pyridine rings is 1. The van der Waals surface area contributed by atoms with Gasteiger partial charge in [-0.2, -0.15) is 0 Å². The zero-order valence-electron chi connectivity index (χ0n) is 15.2. The number of fused-ring (bicyclic) bond motifs is 1. The molecule has 28 heavy (non-hydrogen) atoms. The lowest BCUT2D eigenvalue weighted by molar-refractivity contribution is -0.117. The minimum absolute atomic E-state index is 0.249. The molecule has 0 fully saturated rings. The summed E-state index contributed by atoms with van der Waals surface area (Å²) in [4.78, 5) is 29.4. The van der Waals surface area contributed by atoms with E-state index in [-0.39, 0.29) is 11.8 Å². The normalized spacial score (nSPS) is 16.0. The van der Waals surface area contributed by atoms with Crippen LogP contribution in [0.2, 0.25) is 5.02 Å². The third-order valence-electron chi connectivity index (χ3n) is 4.74. The number of hydrogen-bond donors (Lipinski definition) is 2. The van der Waals surface area contributed by atoms with Crippen LogP contribution < -0.4 is 10.6 Å². The van der Waals surface area contributed by atoms with E-state index in [9.17, 15) is 9.59 Å². The van der Waals surface area contributed by atoms with Crippen LogP contribution in [0.5, 0.6) is 0 Å². The maximum absolute atomic E-state index is 12.6. The third kappa shape index (κ3) is 3.75. The first-order chi connectivity index (χ1) is 13.5. The van der Waals surface area contributed by atoms with Gasteiger partial charge in [-0.25, -0.2) is 0 Å². The summed E-state index contributed by atoms with van der Waals surface area (Å²) in [7, 11) is 0. The van der Waals surface area contributed by atoms with Crippen molar-refractivity contribution in [1.82, 2.24) is 10.3 Å². The number of carbonyl (C=O) groups is 2. The Morgan fingerprint density at radius 1 is 1.00 bits per heavy atom. The molecule has 140 valence electrons. The second-order valence-corrected chi connectivity index (χ2v) is 7.23. The molecule has 2 amide bonds. The van der Waals surface area contributed by atoms with Crippen molar-refractivity contribution in [3.8, 4) is 11.1 Å². The number of carbonyl (C=O) groups excluding carboxylic acids is 2. The summed E-state index contributed by atoms with van der Waals surface area (Å²) in [5, 5.41) is 6.04. The van der Waals surface area contributed by atoms with E-state index in [1.54, 1.807) is 18.2 Å². The lowest BCUT2D eigenvalue weighted by Crippen LogP contribution is -2.42. The van der Waals surface area contributed by atoms with E-state index in [1.165, 1.54) is 0 Å². The topological polar surface area (TPSA) is 71.1 Å². The van der Waals surface area contributed by atoms with E-state index in [2.05, 4.69) is 15.6 Å². The van der Waals surface area contributed by atoms with Crippen molar-refractivity contribution >= 4 is 29.1 Å². The molecule has 6 heteroatoms. The molecule has 2 aromatic carbocycles. The quantitative estimate of drug-likeness (QED) is 0.708. The Bertz CT molecular complexity index is 1050. The molecule has 0 saturated carbocycles. The molecular weight excluding hydrogens is 374 g/mol. The first-order valence-corrected chi connectivity index (χ1v) is 9.30. The molecule has 0 aliphatic carbocycles. The molecule has 3 aromatic rings. The van der Waals surface area contributed by atoms with Gasteiger partial charge >= 0.3 is 0 Å². The van der Waals surface area contributed by atoms with E-state index >= 15 is 0 Å². The van der Waals surface area contributed by atoms with Gasteiger partial charge in [-0.1, -0.05) is 41.9 Å². The van der Waals surface area contributed by atoms with E-state index in [0.29, 0.717) is 22.7 Å². The fraction of sp³-hybridized carbons (Fsp3) is 0.136. The summed E-state index contributed by atoms with van der Waals surface area (Å²) in [6.07, 6.45) is 2.23. The van der Waals surface area contributed by atoms with Crippen molar-refractivity contribution < 1.29 is 9.59 Å². The van der Waals surface area contributed by atoms with E-state index in [0.717, 1.165) is 22.4 Å². The second-order valence-electron chi connectivity index (χ2n) is 6.79. The van der Waals surface area contributed by atoms with Gasteiger partial charge < -0.3 is 10.6 Å². The van der Waals surface area contributed by atoms with Crippen LogP contribution in [0.15, 0.2) is 60.8 Å². The molecular formula is C22H18ClN3O2. The van der Waals surface area contributed by atoms with Gasteiger partial charge in [0.25, 0.3) is 5.91 Å². The number of nitrogens with zero attached hydrogens (tertiary/aromatic N) is 1. The fourth-order valence-corrected chi connectivity index (χ4v) is 3.36. The highest BCUT2D eigenvalue weighted by molar-refractivity contribution is 6.31. The average Bonchev–Trinajstić information content (AvgIpc) is 2.80. The van der Waals surface area contributed by atoms with Crippen molar-refractivity contribution in [2.45, 2.75) is 19.4 Å². The highest BCUT2D eigenvalue weighted by Crippen LogP contribution is 2.24. The fourth-order valence-electron chi connectivity index (χ4n) is 3.19. The SMILES string of the molecule is Cc1ccc(-c2ccc(CC3NC(=O)c4cc(Cl)ccc4NC3=O)cc2)cn1. The molecule has 1 aliphatic heterocycles. The van der Waals surface area contributed by atoms with E-state index in [1.807, 2.05) is 49.5 Å². The predicted octanol–water partition coefficient (Wildman–Crippen LogP) is 4.00. The highest BCUT2D eigenvalue weighted by atomic mass is 35.5. The molecule has 1 atom stereocenters. The number of anilines is 1. The first kappa shape index (κ1) is 18.2. The summed E-state index contributed by atoms with van der Waals surface area (Å²) < 4.78 is 0. The van der Waals surface area contributed by atoms with Crippen LogP contribution in [0.4, 0.5) is 5.69 Å². The van der Waals surface area contributed by atoms with Gasteiger partial charge in [0, 0.05) is 28.9 Å². The van der Waals surface area contributed by atoms with Crippen LogP contribution in [-0.4, -0.2) is 22.8 Å².